The highest BCUT2D eigenvalue weighted by Gasteiger charge is 2.60. The minimum atomic E-state index is -0.0490. The van der Waals surface area contributed by atoms with Crippen molar-refractivity contribution in [2.75, 3.05) is 0 Å². The normalized spacial score (nSPS) is 55.7. The zero-order valence-corrected chi connectivity index (χ0v) is 15.2. The lowest BCUT2D eigenvalue weighted by Gasteiger charge is -2.60. The van der Waals surface area contributed by atoms with Gasteiger partial charge >= 0.3 is 0 Å². The van der Waals surface area contributed by atoms with Crippen LogP contribution < -0.4 is 0 Å². The molecule has 4 saturated carbocycles. The molecule has 2 nitrogen and oxygen atoms in total. The summed E-state index contributed by atoms with van der Waals surface area (Å²) in [7, 11) is 0. The zero-order valence-electron chi connectivity index (χ0n) is 15.2. The lowest BCUT2D eigenvalue weighted by Crippen LogP contribution is -2.54. The maximum Gasteiger partial charge on any atom is 0.133 e. The Morgan fingerprint density at radius 1 is 0.913 bits per heavy atom. The molecule has 130 valence electrons. The molecule has 4 unspecified atom stereocenters. The highest BCUT2D eigenvalue weighted by atomic mass is 16.3. The lowest BCUT2D eigenvalue weighted by atomic mass is 9.44. The fourth-order valence-corrected chi connectivity index (χ4v) is 7.90. The third kappa shape index (κ3) is 2.19. The van der Waals surface area contributed by atoms with Crippen LogP contribution in [-0.2, 0) is 4.79 Å². The summed E-state index contributed by atoms with van der Waals surface area (Å²) in [4.78, 5) is 12.2. The molecular weight excluding hydrogens is 284 g/mol. The Balaban J connectivity index is 1.61. The number of hydrogen-bond acceptors (Lipinski definition) is 2. The fraction of sp³-hybridized carbons (Fsp3) is 0.952. The second kappa shape index (κ2) is 5.31. The number of carbonyl (C=O) groups is 1. The molecule has 0 aromatic carbocycles. The average Bonchev–Trinajstić information content (AvgIpc) is 2.85. The van der Waals surface area contributed by atoms with Gasteiger partial charge in [-0.25, -0.2) is 0 Å². The van der Waals surface area contributed by atoms with Gasteiger partial charge in [0.25, 0.3) is 0 Å². The minimum absolute atomic E-state index is 0.0490. The number of aliphatic hydroxyl groups is 1. The summed E-state index contributed by atoms with van der Waals surface area (Å²) in [6, 6.07) is 0. The van der Waals surface area contributed by atoms with Gasteiger partial charge in [-0.15, -0.1) is 0 Å². The standard InChI is InChI=1S/C21H34O2/c1-13(22)17-6-7-18-16-5-4-14-12-15(23)8-10-20(14,2)19(16)9-11-21(17,18)3/h14-19,23H,4-12H2,1-3H3/t14-,15+,16?,17?,18?,19?,20+,21-/m1/s1. The van der Waals surface area contributed by atoms with E-state index < -0.39 is 0 Å². The van der Waals surface area contributed by atoms with E-state index in [0.717, 1.165) is 42.9 Å². The van der Waals surface area contributed by atoms with E-state index in [9.17, 15) is 9.90 Å². The third-order valence-electron chi connectivity index (χ3n) is 9.13. The van der Waals surface area contributed by atoms with Crippen molar-refractivity contribution in [3.8, 4) is 0 Å². The Hall–Kier alpha value is -0.370. The molecule has 2 heteroatoms. The van der Waals surface area contributed by atoms with E-state index in [1.807, 2.05) is 6.92 Å². The summed E-state index contributed by atoms with van der Waals surface area (Å²) in [5.41, 5.74) is 0.738. The fourth-order valence-electron chi connectivity index (χ4n) is 7.90. The zero-order chi connectivity index (χ0) is 16.4. The second-order valence-corrected chi connectivity index (χ2v) is 9.87. The van der Waals surface area contributed by atoms with Gasteiger partial charge in [0.05, 0.1) is 6.10 Å². The first-order valence-electron chi connectivity index (χ1n) is 10.0. The van der Waals surface area contributed by atoms with E-state index in [0.29, 0.717) is 17.1 Å². The Kier molecular flexibility index (Phi) is 3.72. The number of aliphatic hydroxyl groups excluding tert-OH is 1. The average molecular weight is 319 g/mol. The first kappa shape index (κ1) is 16.1. The summed E-state index contributed by atoms with van der Waals surface area (Å²) in [6.07, 6.45) is 10.9. The molecule has 0 amide bonds. The van der Waals surface area contributed by atoms with E-state index >= 15 is 0 Å². The van der Waals surface area contributed by atoms with Gasteiger partial charge < -0.3 is 5.11 Å². The van der Waals surface area contributed by atoms with Crippen LogP contribution in [0.15, 0.2) is 0 Å². The molecule has 0 aromatic heterocycles. The molecule has 4 fully saturated rings. The Bertz CT molecular complexity index is 500. The van der Waals surface area contributed by atoms with Gasteiger partial charge in [0.15, 0.2) is 0 Å². The molecule has 4 rings (SSSR count). The quantitative estimate of drug-likeness (QED) is 0.767. The monoisotopic (exact) mass is 318 g/mol. The largest absolute Gasteiger partial charge is 0.393 e. The van der Waals surface area contributed by atoms with Crippen molar-refractivity contribution in [1.82, 2.24) is 0 Å². The molecule has 4 aliphatic rings. The van der Waals surface area contributed by atoms with Gasteiger partial charge in [0.2, 0.25) is 0 Å². The van der Waals surface area contributed by atoms with Crippen molar-refractivity contribution in [3.63, 3.8) is 0 Å². The van der Waals surface area contributed by atoms with Crippen molar-refractivity contribution in [1.29, 1.82) is 0 Å². The molecule has 0 aromatic rings. The summed E-state index contributed by atoms with van der Waals surface area (Å²) < 4.78 is 0. The SMILES string of the molecule is CC(=O)C1CCC2C3CC[C@@H]4C[C@@H](O)CC[C@]4(C)C3CC[C@]12C. The Morgan fingerprint density at radius 2 is 1.61 bits per heavy atom. The summed E-state index contributed by atoms with van der Waals surface area (Å²) in [5, 5.41) is 10.1. The molecule has 0 heterocycles. The number of fused-ring (bicyclic) bond motifs is 5. The van der Waals surface area contributed by atoms with E-state index in [1.54, 1.807) is 0 Å². The molecule has 0 spiro atoms. The highest BCUT2D eigenvalue weighted by molar-refractivity contribution is 5.79. The van der Waals surface area contributed by atoms with Crippen LogP contribution in [0.5, 0.6) is 0 Å². The van der Waals surface area contributed by atoms with Crippen molar-refractivity contribution in [2.45, 2.75) is 84.7 Å². The molecule has 8 atom stereocenters. The van der Waals surface area contributed by atoms with Crippen LogP contribution >= 0.6 is 0 Å². The summed E-state index contributed by atoms with van der Waals surface area (Å²) in [6.45, 7) is 6.80. The highest BCUT2D eigenvalue weighted by Crippen LogP contribution is 2.67. The summed E-state index contributed by atoms with van der Waals surface area (Å²) in [5.74, 6) is 3.97. The van der Waals surface area contributed by atoms with Crippen LogP contribution in [0.3, 0.4) is 0 Å². The van der Waals surface area contributed by atoms with Crippen LogP contribution in [-0.4, -0.2) is 17.0 Å². The van der Waals surface area contributed by atoms with Gasteiger partial charge in [-0.1, -0.05) is 13.8 Å². The molecule has 0 radical (unpaired) electrons. The van der Waals surface area contributed by atoms with Crippen LogP contribution in [0.2, 0.25) is 0 Å². The Morgan fingerprint density at radius 3 is 2.35 bits per heavy atom. The number of carbonyl (C=O) groups excluding carboxylic acids is 1. The van der Waals surface area contributed by atoms with Gasteiger partial charge in [-0.3, -0.25) is 4.79 Å². The molecule has 1 N–H and O–H groups in total. The van der Waals surface area contributed by atoms with E-state index in [2.05, 4.69) is 13.8 Å². The number of Topliss-reactive ketones (excluding diaryl/α,β-unsaturated/α-hetero) is 1. The minimum Gasteiger partial charge on any atom is -0.393 e. The van der Waals surface area contributed by atoms with E-state index in [-0.39, 0.29) is 11.5 Å². The number of hydrogen-bond donors (Lipinski definition) is 1. The maximum atomic E-state index is 12.2. The smallest absolute Gasteiger partial charge is 0.133 e. The topological polar surface area (TPSA) is 37.3 Å². The molecule has 23 heavy (non-hydrogen) atoms. The van der Waals surface area contributed by atoms with Gasteiger partial charge in [0, 0.05) is 5.92 Å². The molecule has 0 aliphatic heterocycles. The first-order valence-corrected chi connectivity index (χ1v) is 10.0. The maximum absolute atomic E-state index is 12.2. The Labute approximate surface area is 141 Å². The number of ketones is 1. The van der Waals surface area contributed by atoms with E-state index in [4.69, 9.17) is 0 Å². The first-order chi connectivity index (χ1) is 10.9. The predicted octanol–water partition coefficient (Wildman–Crippen LogP) is 4.60. The van der Waals surface area contributed by atoms with Gasteiger partial charge in [-0.05, 0) is 99.2 Å². The van der Waals surface area contributed by atoms with Crippen molar-refractivity contribution in [2.24, 2.45) is 40.4 Å². The van der Waals surface area contributed by atoms with Gasteiger partial charge in [-0.2, -0.15) is 0 Å². The van der Waals surface area contributed by atoms with Crippen LogP contribution in [0, 0.1) is 40.4 Å². The molecule has 0 bridgehead atoms. The van der Waals surface area contributed by atoms with Crippen LogP contribution in [0.4, 0.5) is 0 Å². The van der Waals surface area contributed by atoms with E-state index in [1.165, 1.54) is 38.5 Å². The van der Waals surface area contributed by atoms with Gasteiger partial charge in [0.1, 0.15) is 5.78 Å². The molecular formula is C21H34O2. The van der Waals surface area contributed by atoms with Crippen LogP contribution in [0.25, 0.3) is 0 Å². The molecule has 4 aliphatic carbocycles. The van der Waals surface area contributed by atoms with Crippen molar-refractivity contribution in [3.05, 3.63) is 0 Å². The number of rotatable bonds is 1. The second-order valence-electron chi connectivity index (χ2n) is 9.87. The lowest BCUT2D eigenvalue weighted by molar-refractivity contribution is -0.138. The van der Waals surface area contributed by atoms with Crippen LogP contribution in [0.1, 0.15) is 78.6 Å². The van der Waals surface area contributed by atoms with Crippen molar-refractivity contribution >= 4 is 5.78 Å². The third-order valence-corrected chi connectivity index (χ3v) is 9.13. The summed E-state index contributed by atoms with van der Waals surface area (Å²) >= 11 is 0. The predicted molar refractivity (Wildman–Crippen MR) is 91.9 cm³/mol. The van der Waals surface area contributed by atoms with Crippen molar-refractivity contribution < 1.29 is 9.90 Å². The molecule has 0 saturated heterocycles.